The third-order valence-electron chi connectivity index (χ3n) is 3.71. The van der Waals surface area contributed by atoms with Crippen LogP contribution in [0.1, 0.15) is 30.6 Å². The van der Waals surface area contributed by atoms with E-state index >= 15 is 0 Å². The summed E-state index contributed by atoms with van der Waals surface area (Å²) in [6.45, 7) is 6.52. The highest BCUT2D eigenvalue weighted by Gasteiger charge is 2.23. The average molecular weight is 262 g/mol. The van der Waals surface area contributed by atoms with Gasteiger partial charge in [-0.05, 0) is 51.1 Å². The van der Waals surface area contributed by atoms with Gasteiger partial charge in [0.2, 0.25) is 0 Å². The monoisotopic (exact) mass is 262 g/mol. The molecule has 0 amide bonds. The number of hydrogen-bond donors (Lipinski definition) is 1. The Hall–Kier alpha value is -1.55. The predicted molar refractivity (Wildman–Crippen MR) is 76.7 cm³/mol. The minimum atomic E-state index is -0.287. The van der Waals surface area contributed by atoms with E-state index in [4.69, 9.17) is 4.74 Å². The molecule has 1 aliphatic rings. The highest BCUT2D eigenvalue weighted by Crippen LogP contribution is 2.23. The lowest BCUT2D eigenvalue weighted by atomic mass is 10.1. The Balaban J connectivity index is 2.22. The molecule has 2 rings (SSSR count). The second-order valence-corrected chi connectivity index (χ2v) is 5.14. The van der Waals surface area contributed by atoms with Crippen LogP contribution in [0.25, 0.3) is 0 Å². The molecule has 1 fully saturated rings. The van der Waals surface area contributed by atoms with Crippen molar-refractivity contribution < 1.29 is 9.53 Å². The van der Waals surface area contributed by atoms with Gasteiger partial charge < -0.3 is 15.0 Å². The first-order valence-electron chi connectivity index (χ1n) is 6.81. The van der Waals surface area contributed by atoms with Gasteiger partial charge in [-0.2, -0.15) is 0 Å². The predicted octanol–water partition coefficient (Wildman–Crippen LogP) is 2.05. The molecule has 4 nitrogen and oxygen atoms in total. The smallest absolute Gasteiger partial charge is 0.337 e. The molecule has 1 N–H and O–H groups in total. The summed E-state index contributed by atoms with van der Waals surface area (Å²) in [5.74, 6) is -0.287. The molecule has 104 valence electrons. The number of hydrogen-bond acceptors (Lipinski definition) is 4. The van der Waals surface area contributed by atoms with Crippen LogP contribution in [-0.2, 0) is 4.74 Å². The third-order valence-corrected chi connectivity index (χ3v) is 3.71. The second kappa shape index (κ2) is 6.06. The van der Waals surface area contributed by atoms with Gasteiger partial charge >= 0.3 is 5.97 Å². The first-order valence-corrected chi connectivity index (χ1v) is 6.81. The zero-order valence-corrected chi connectivity index (χ0v) is 11.8. The van der Waals surface area contributed by atoms with E-state index in [1.165, 1.54) is 7.11 Å². The van der Waals surface area contributed by atoms with Crippen LogP contribution < -0.4 is 10.2 Å². The van der Waals surface area contributed by atoms with E-state index in [0.29, 0.717) is 17.6 Å². The first kappa shape index (κ1) is 13.9. The lowest BCUT2D eigenvalue weighted by Gasteiger charge is -2.34. The van der Waals surface area contributed by atoms with Crippen molar-refractivity contribution in [2.75, 3.05) is 25.1 Å². The van der Waals surface area contributed by atoms with Crippen LogP contribution in [0.2, 0.25) is 0 Å². The molecule has 2 unspecified atom stereocenters. The number of esters is 1. The van der Waals surface area contributed by atoms with E-state index < -0.39 is 0 Å². The number of nitrogens with one attached hydrogen (secondary N) is 1. The number of benzene rings is 1. The van der Waals surface area contributed by atoms with Crippen molar-refractivity contribution in [3.63, 3.8) is 0 Å². The molecule has 0 spiro atoms. The summed E-state index contributed by atoms with van der Waals surface area (Å²) in [4.78, 5) is 13.9. The summed E-state index contributed by atoms with van der Waals surface area (Å²) >= 11 is 0. The van der Waals surface area contributed by atoms with Crippen LogP contribution in [-0.4, -0.2) is 38.3 Å². The zero-order valence-electron chi connectivity index (χ0n) is 11.8. The molecule has 19 heavy (non-hydrogen) atoms. The second-order valence-electron chi connectivity index (χ2n) is 5.14. The molecular weight excluding hydrogens is 240 g/mol. The van der Waals surface area contributed by atoms with Crippen molar-refractivity contribution in [1.82, 2.24) is 5.32 Å². The number of carbonyl (C=O) groups excluding carboxylic acids is 1. The van der Waals surface area contributed by atoms with Gasteiger partial charge in [-0.15, -0.1) is 0 Å². The largest absolute Gasteiger partial charge is 0.465 e. The molecule has 0 aromatic heterocycles. The fourth-order valence-corrected chi connectivity index (χ4v) is 2.69. The molecule has 0 bridgehead atoms. The maximum Gasteiger partial charge on any atom is 0.337 e. The van der Waals surface area contributed by atoms with Crippen molar-refractivity contribution >= 4 is 11.7 Å². The molecule has 1 aliphatic heterocycles. The Morgan fingerprint density at radius 1 is 1.26 bits per heavy atom. The number of carbonyl (C=O) groups is 1. The summed E-state index contributed by atoms with van der Waals surface area (Å²) in [5, 5.41) is 3.45. The highest BCUT2D eigenvalue weighted by atomic mass is 16.5. The van der Waals surface area contributed by atoms with Crippen molar-refractivity contribution in [2.24, 2.45) is 0 Å². The van der Waals surface area contributed by atoms with Gasteiger partial charge in [0, 0.05) is 24.3 Å². The topological polar surface area (TPSA) is 41.6 Å². The van der Waals surface area contributed by atoms with Crippen molar-refractivity contribution in [1.29, 1.82) is 0 Å². The van der Waals surface area contributed by atoms with Gasteiger partial charge in [-0.25, -0.2) is 4.79 Å². The third kappa shape index (κ3) is 3.07. The number of anilines is 1. The van der Waals surface area contributed by atoms with Crippen LogP contribution in [0.5, 0.6) is 0 Å². The van der Waals surface area contributed by atoms with Gasteiger partial charge in [0.15, 0.2) is 0 Å². The Kier molecular flexibility index (Phi) is 4.43. The maximum absolute atomic E-state index is 11.4. The molecular formula is C15H22N2O2. The average Bonchev–Trinajstić information content (AvgIpc) is 2.59. The van der Waals surface area contributed by atoms with Gasteiger partial charge in [0.25, 0.3) is 0 Å². The van der Waals surface area contributed by atoms with E-state index in [1.807, 2.05) is 24.3 Å². The molecule has 1 saturated heterocycles. The number of methoxy groups -OCH3 is 1. The van der Waals surface area contributed by atoms with E-state index in [-0.39, 0.29) is 5.97 Å². The van der Waals surface area contributed by atoms with E-state index in [9.17, 15) is 4.79 Å². The molecule has 1 heterocycles. The molecule has 0 radical (unpaired) electrons. The summed E-state index contributed by atoms with van der Waals surface area (Å²) in [6, 6.07) is 8.61. The van der Waals surface area contributed by atoms with Crippen LogP contribution in [0.4, 0.5) is 5.69 Å². The lowest BCUT2D eigenvalue weighted by molar-refractivity contribution is 0.0601. The highest BCUT2D eigenvalue weighted by molar-refractivity contribution is 5.89. The fourth-order valence-electron chi connectivity index (χ4n) is 2.69. The minimum Gasteiger partial charge on any atom is -0.465 e. The summed E-state index contributed by atoms with van der Waals surface area (Å²) in [7, 11) is 1.40. The maximum atomic E-state index is 11.4. The Labute approximate surface area is 114 Å². The van der Waals surface area contributed by atoms with Crippen LogP contribution >= 0.6 is 0 Å². The fraction of sp³-hybridized carbons (Fsp3) is 0.533. The molecule has 1 aromatic rings. The van der Waals surface area contributed by atoms with Crippen molar-refractivity contribution in [2.45, 2.75) is 32.4 Å². The van der Waals surface area contributed by atoms with E-state index in [0.717, 1.165) is 25.2 Å². The standard InChI is InChI=1S/C15H22N2O2/c1-11-8-9-16-10-12(2)17(11)14-6-4-13(5-7-14)15(18)19-3/h4-7,11-12,16H,8-10H2,1-3H3. The quantitative estimate of drug-likeness (QED) is 0.828. The summed E-state index contributed by atoms with van der Waals surface area (Å²) in [5.41, 5.74) is 1.76. The zero-order chi connectivity index (χ0) is 13.8. The van der Waals surface area contributed by atoms with E-state index in [1.54, 1.807) is 0 Å². The Bertz CT molecular complexity index is 418. The molecule has 1 aromatic carbocycles. The minimum absolute atomic E-state index is 0.287. The van der Waals surface area contributed by atoms with Gasteiger partial charge in [-0.3, -0.25) is 0 Å². The molecule has 0 aliphatic carbocycles. The summed E-state index contributed by atoms with van der Waals surface area (Å²) in [6.07, 6.45) is 1.13. The van der Waals surface area contributed by atoms with Crippen molar-refractivity contribution in [3.05, 3.63) is 29.8 Å². The normalized spacial score (nSPS) is 23.8. The van der Waals surface area contributed by atoms with Gasteiger partial charge in [0.05, 0.1) is 12.7 Å². The number of nitrogens with zero attached hydrogens (tertiary/aromatic N) is 1. The van der Waals surface area contributed by atoms with E-state index in [2.05, 4.69) is 24.1 Å². The van der Waals surface area contributed by atoms with Crippen LogP contribution in [0, 0.1) is 0 Å². The first-order chi connectivity index (χ1) is 9.13. The lowest BCUT2D eigenvalue weighted by Crippen LogP contribution is -2.41. The van der Waals surface area contributed by atoms with Gasteiger partial charge in [0.1, 0.15) is 0 Å². The number of rotatable bonds is 2. The molecule has 4 heteroatoms. The molecule has 2 atom stereocenters. The Morgan fingerprint density at radius 2 is 1.95 bits per heavy atom. The SMILES string of the molecule is COC(=O)c1ccc(N2C(C)CCNCC2C)cc1. The van der Waals surface area contributed by atoms with Crippen LogP contribution in [0.15, 0.2) is 24.3 Å². The van der Waals surface area contributed by atoms with Crippen molar-refractivity contribution in [3.8, 4) is 0 Å². The van der Waals surface area contributed by atoms with Gasteiger partial charge in [-0.1, -0.05) is 0 Å². The van der Waals surface area contributed by atoms with Crippen LogP contribution in [0.3, 0.4) is 0 Å². The Morgan fingerprint density at radius 3 is 2.58 bits per heavy atom. The summed E-state index contributed by atoms with van der Waals surface area (Å²) < 4.78 is 4.72. The molecule has 0 saturated carbocycles. The number of ether oxygens (including phenoxy) is 1.